The molecule has 1 aromatic carbocycles. The SMILES string of the molecule is CC(C)=CC(=O)Oc1ccc2[nH]ccc2c1. The third-order valence-electron chi connectivity index (χ3n) is 2.15. The van der Waals surface area contributed by atoms with E-state index in [0.29, 0.717) is 5.75 Å². The highest BCUT2D eigenvalue weighted by Gasteiger charge is 2.02. The predicted molar refractivity (Wildman–Crippen MR) is 63.4 cm³/mol. The fourth-order valence-electron chi connectivity index (χ4n) is 1.48. The van der Waals surface area contributed by atoms with Gasteiger partial charge in [0, 0.05) is 23.2 Å². The van der Waals surface area contributed by atoms with Crippen molar-refractivity contribution in [3.8, 4) is 5.75 Å². The van der Waals surface area contributed by atoms with E-state index < -0.39 is 0 Å². The Morgan fingerprint density at radius 3 is 2.88 bits per heavy atom. The minimum atomic E-state index is -0.338. The minimum Gasteiger partial charge on any atom is -0.423 e. The average molecular weight is 215 g/mol. The highest BCUT2D eigenvalue weighted by atomic mass is 16.5. The van der Waals surface area contributed by atoms with Crippen molar-refractivity contribution in [3.05, 3.63) is 42.1 Å². The molecule has 1 N–H and O–H groups in total. The second-order valence-electron chi connectivity index (χ2n) is 3.87. The van der Waals surface area contributed by atoms with E-state index in [9.17, 15) is 4.79 Å². The zero-order valence-electron chi connectivity index (χ0n) is 9.28. The normalized spacial score (nSPS) is 10.1. The molecule has 2 rings (SSSR count). The van der Waals surface area contributed by atoms with E-state index in [2.05, 4.69) is 4.98 Å². The number of allylic oxidation sites excluding steroid dienone is 1. The average Bonchev–Trinajstić information content (AvgIpc) is 2.63. The molecule has 0 amide bonds. The first-order valence-corrected chi connectivity index (χ1v) is 5.09. The number of aromatic nitrogens is 1. The smallest absolute Gasteiger partial charge is 0.336 e. The Bertz CT molecular complexity index is 548. The highest BCUT2D eigenvalue weighted by Crippen LogP contribution is 2.19. The molecule has 0 aliphatic heterocycles. The van der Waals surface area contributed by atoms with Crippen LogP contribution in [-0.2, 0) is 4.79 Å². The van der Waals surface area contributed by atoms with Crippen LogP contribution in [0.4, 0.5) is 0 Å². The van der Waals surface area contributed by atoms with E-state index in [1.54, 1.807) is 6.07 Å². The maximum Gasteiger partial charge on any atom is 0.336 e. The van der Waals surface area contributed by atoms with E-state index >= 15 is 0 Å². The fraction of sp³-hybridized carbons (Fsp3) is 0.154. The summed E-state index contributed by atoms with van der Waals surface area (Å²) in [6.45, 7) is 3.72. The molecule has 0 aliphatic rings. The van der Waals surface area contributed by atoms with Crippen LogP contribution in [0.2, 0.25) is 0 Å². The van der Waals surface area contributed by atoms with Crippen molar-refractivity contribution >= 4 is 16.9 Å². The summed E-state index contributed by atoms with van der Waals surface area (Å²) in [6.07, 6.45) is 3.33. The number of hydrogen-bond acceptors (Lipinski definition) is 2. The Kier molecular flexibility index (Phi) is 2.77. The van der Waals surface area contributed by atoms with Crippen LogP contribution in [0.1, 0.15) is 13.8 Å². The lowest BCUT2D eigenvalue weighted by molar-refractivity contribution is -0.129. The van der Waals surface area contributed by atoms with Crippen molar-refractivity contribution in [2.45, 2.75) is 13.8 Å². The van der Waals surface area contributed by atoms with Crippen molar-refractivity contribution in [2.24, 2.45) is 0 Å². The van der Waals surface area contributed by atoms with Crippen molar-refractivity contribution in [2.75, 3.05) is 0 Å². The van der Waals surface area contributed by atoms with E-state index in [4.69, 9.17) is 4.74 Å². The van der Waals surface area contributed by atoms with Crippen LogP contribution in [0.5, 0.6) is 5.75 Å². The lowest BCUT2D eigenvalue weighted by Gasteiger charge is -2.01. The Hall–Kier alpha value is -2.03. The second-order valence-corrected chi connectivity index (χ2v) is 3.87. The number of H-pyrrole nitrogens is 1. The highest BCUT2D eigenvalue weighted by molar-refractivity contribution is 5.86. The van der Waals surface area contributed by atoms with Crippen LogP contribution in [-0.4, -0.2) is 11.0 Å². The summed E-state index contributed by atoms with van der Waals surface area (Å²) in [4.78, 5) is 14.5. The second kappa shape index (κ2) is 4.23. The predicted octanol–water partition coefficient (Wildman–Crippen LogP) is 3.04. The lowest BCUT2D eigenvalue weighted by atomic mass is 10.2. The van der Waals surface area contributed by atoms with E-state index in [0.717, 1.165) is 16.5 Å². The summed E-state index contributed by atoms with van der Waals surface area (Å²) in [7, 11) is 0. The summed E-state index contributed by atoms with van der Waals surface area (Å²) in [5.41, 5.74) is 1.95. The maximum atomic E-state index is 11.4. The van der Waals surface area contributed by atoms with Gasteiger partial charge in [0.2, 0.25) is 0 Å². The molecule has 0 saturated heterocycles. The Morgan fingerprint density at radius 1 is 1.31 bits per heavy atom. The Balaban J connectivity index is 2.21. The van der Waals surface area contributed by atoms with Crippen LogP contribution in [0, 0.1) is 0 Å². The molecule has 16 heavy (non-hydrogen) atoms. The van der Waals surface area contributed by atoms with Gasteiger partial charge in [0.25, 0.3) is 0 Å². The molecule has 2 aromatic rings. The quantitative estimate of drug-likeness (QED) is 0.475. The first-order valence-electron chi connectivity index (χ1n) is 5.09. The number of benzene rings is 1. The number of fused-ring (bicyclic) bond motifs is 1. The zero-order valence-corrected chi connectivity index (χ0v) is 9.28. The van der Waals surface area contributed by atoms with Crippen molar-refractivity contribution in [3.63, 3.8) is 0 Å². The van der Waals surface area contributed by atoms with Gasteiger partial charge >= 0.3 is 5.97 Å². The van der Waals surface area contributed by atoms with Crippen molar-refractivity contribution in [1.29, 1.82) is 0 Å². The summed E-state index contributed by atoms with van der Waals surface area (Å²) in [5, 5.41) is 1.03. The summed E-state index contributed by atoms with van der Waals surface area (Å²) in [6, 6.07) is 7.44. The molecule has 0 unspecified atom stereocenters. The van der Waals surface area contributed by atoms with E-state index in [-0.39, 0.29) is 5.97 Å². The minimum absolute atomic E-state index is 0.338. The maximum absolute atomic E-state index is 11.4. The largest absolute Gasteiger partial charge is 0.423 e. The first kappa shape index (κ1) is 10.5. The molecule has 0 atom stereocenters. The van der Waals surface area contributed by atoms with Crippen molar-refractivity contribution in [1.82, 2.24) is 4.98 Å². The third kappa shape index (κ3) is 2.31. The Labute approximate surface area is 93.7 Å². The molecular weight excluding hydrogens is 202 g/mol. The van der Waals surface area contributed by atoms with Gasteiger partial charge in [-0.15, -0.1) is 0 Å². The van der Waals surface area contributed by atoms with Gasteiger partial charge in [-0.1, -0.05) is 5.57 Å². The van der Waals surface area contributed by atoms with Gasteiger partial charge in [-0.2, -0.15) is 0 Å². The molecule has 0 saturated carbocycles. The fourth-order valence-corrected chi connectivity index (χ4v) is 1.48. The summed E-state index contributed by atoms with van der Waals surface area (Å²) >= 11 is 0. The van der Waals surface area contributed by atoms with Gasteiger partial charge in [0.05, 0.1) is 0 Å². The summed E-state index contributed by atoms with van der Waals surface area (Å²) < 4.78 is 5.17. The monoisotopic (exact) mass is 215 g/mol. The molecule has 0 radical (unpaired) electrons. The van der Waals surface area contributed by atoms with Gasteiger partial charge in [-0.05, 0) is 38.1 Å². The van der Waals surface area contributed by atoms with Crippen LogP contribution >= 0.6 is 0 Å². The molecular formula is C13H13NO2. The number of esters is 1. The number of aromatic amines is 1. The van der Waals surface area contributed by atoms with Gasteiger partial charge in [0.1, 0.15) is 5.75 Å². The molecule has 3 heteroatoms. The van der Waals surface area contributed by atoms with E-state index in [1.165, 1.54) is 6.08 Å². The molecule has 3 nitrogen and oxygen atoms in total. The van der Waals surface area contributed by atoms with Crippen LogP contribution in [0.15, 0.2) is 42.1 Å². The number of hydrogen-bond donors (Lipinski definition) is 1. The number of rotatable bonds is 2. The summed E-state index contributed by atoms with van der Waals surface area (Å²) in [5.74, 6) is 0.226. The molecule has 0 spiro atoms. The van der Waals surface area contributed by atoms with Crippen LogP contribution < -0.4 is 4.74 Å². The topological polar surface area (TPSA) is 42.1 Å². The van der Waals surface area contributed by atoms with Crippen molar-refractivity contribution < 1.29 is 9.53 Å². The number of carbonyl (C=O) groups excluding carboxylic acids is 1. The standard InChI is InChI=1S/C13H13NO2/c1-9(2)7-13(15)16-11-3-4-12-10(8-11)5-6-14-12/h3-8,14H,1-2H3. The van der Waals surface area contributed by atoms with Crippen LogP contribution in [0.3, 0.4) is 0 Å². The molecule has 1 heterocycles. The first-order chi connectivity index (χ1) is 7.65. The molecule has 0 aliphatic carbocycles. The Morgan fingerprint density at radius 2 is 2.12 bits per heavy atom. The third-order valence-corrected chi connectivity index (χ3v) is 2.15. The van der Waals surface area contributed by atoms with E-state index in [1.807, 2.05) is 38.2 Å². The van der Waals surface area contributed by atoms with Gasteiger partial charge in [0.15, 0.2) is 0 Å². The number of ether oxygens (including phenoxy) is 1. The molecule has 82 valence electrons. The van der Waals surface area contributed by atoms with Gasteiger partial charge in [-0.25, -0.2) is 4.79 Å². The lowest BCUT2D eigenvalue weighted by Crippen LogP contribution is -2.04. The van der Waals surface area contributed by atoms with Crippen LogP contribution in [0.25, 0.3) is 10.9 Å². The number of nitrogens with one attached hydrogen (secondary N) is 1. The molecule has 0 fully saturated rings. The molecule has 1 aromatic heterocycles. The van der Waals surface area contributed by atoms with Gasteiger partial charge < -0.3 is 9.72 Å². The number of carbonyl (C=O) groups is 1. The zero-order chi connectivity index (χ0) is 11.5. The molecule has 0 bridgehead atoms. The van der Waals surface area contributed by atoms with Gasteiger partial charge in [-0.3, -0.25) is 0 Å².